The number of phenols is 1. The van der Waals surface area contributed by atoms with Crippen LogP contribution in [0.4, 0.5) is 0 Å². The Morgan fingerprint density at radius 2 is 2.00 bits per heavy atom. The maximum absolute atomic E-state index is 12.0. The molecule has 1 amide bonds. The van der Waals surface area contributed by atoms with Crippen LogP contribution in [0.1, 0.15) is 22.8 Å². The summed E-state index contributed by atoms with van der Waals surface area (Å²) in [5.74, 6) is -0.503. The van der Waals surface area contributed by atoms with Gasteiger partial charge in [-0.05, 0) is 37.3 Å². The molecule has 4 nitrogen and oxygen atoms in total. The van der Waals surface area contributed by atoms with Crippen molar-refractivity contribution in [1.29, 1.82) is 0 Å². The third-order valence-corrected chi connectivity index (χ3v) is 3.83. The van der Waals surface area contributed by atoms with E-state index in [0.29, 0.717) is 21.9 Å². The number of hydrogen-bond acceptors (Lipinski definition) is 3. The van der Waals surface area contributed by atoms with Gasteiger partial charge in [0.25, 0.3) is 5.91 Å². The van der Waals surface area contributed by atoms with Gasteiger partial charge in [-0.3, -0.25) is 4.79 Å². The minimum Gasteiger partial charge on any atom is -0.506 e. The lowest BCUT2D eigenvalue weighted by Crippen LogP contribution is -2.19. The SMILES string of the molecule is CC(=NNC(=O)c1cccc(Br)c1)c1cc(Cl)cc(Cl)c1O. The van der Waals surface area contributed by atoms with Crippen molar-refractivity contribution < 1.29 is 9.90 Å². The Hall–Kier alpha value is -1.56. The fourth-order valence-electron chi connectivity index (χ4n) is 1.73. The molecule has 0 radical (unpaired) electrons. The Balaban J connectivity index is 2.22. The molecule has 0 bridgehead atoms. The highest BCUT2D eigenvalue weighted by Gasteiger charge is 2.11. The molecule has 0 saturated carbocycles. The first-order valence-electron chi connectivity index (χ1n) is 6.17. The molecule has 0 heterocycles. The Labute approximate surface area is 145 Å². The number of amides is 1. The molecule has 2 rings (SSSR count). The molecule has 2 aromatic rings. The van der Waals surface area contributed by atoms with Gasteiger partial charge in [0.1, 0.15) is 5.75 Å². The molecule has 0 spiro atoms. The molecule has 2 aromatic carbocycles. The summed E-state index contributed by atoms with van der Waals surface area (Å²) in [6.07, 6.45) is 0. The lowest BCUT2D eigenvalue weighted by Gasteiger charge is -2.07. The number of carbonyl (C=O) groups excluding carboxylic acids is 1. The van der Waals surface area contributed by atoms with Gasteiger partial charge in [0.15, 0.2) is 0 Å². The lowest BCUT2D eigenvalue weighted by molar-refractivity contribution is 0.0954. The summed E-state index contributed by atoms with van der Waals surface area (Å²) < 4.78 is 0.792. The zero-order valence-electron chi connectivity index (χ0n) is 11.4. The second kappa shape index (κ2) is 7.13. The molecule has 0 fully saturated rings. The molecule has 22 heavy (non-hydrogen) atoms. The maximum atomic E-state index is 12.0. The van der Waals surface area contributed by atoms with E-state index >= 15 is 0 Å². The van der Waals surface area contributed by atoms with Gasteiger partial charge < -0.3 is 5.11 Å². The van der Waals surface area contributed by atoms with Crippen molar-refractivity contribution >= 4 is 50.8 Å². The Morgan fingerprint density at radius 1 is 1.27 bits per heavy atom. The summed E-state index contributed by atoms with van der Waals surface area (Å²) in [6.45, 7) is 1.63. The topological polar surface area (TPSA) is 61.7 Å². The summed E-state index contributed by atoms with van der Waals surface area (Å²) >= 11 is 15.1. The van der Waals surface area contributed by atoms with E-state index in [1.807, 2.05) is 6.07 Å². The molecule has 114 valence electrons. The van der Waals surface area contributed by atoms with E-state index in [1.54, 1.807) is 25.1 Å². The first-order chi connectivity index (χ1) is 10.4. The van der Waals surface area contributed by atoms with E-state index in [9.17, 15) is 9.90 Å². The molecule has 0 unspecified atom stereocenters. The zero-order chi connectivity index (χ0) is 16.3. The predicted molar refractivity (Wildman–Crippen MR) is 91.9 cm³/mol. The van der Waals surface area contributed by atoms with Crippen LogP contribution >= 0.6 is 39.1 Å². The molecule has 0 atom stereocenters. The van der Waals surface area contributed by atoms with Crippen LogP contribution in [0.2, 0.25) is 10.0 Å². The largest absolute Gasteiger partial charge is 0.506 e. The fourth-order valence-corrected chi connectivity index (χ4v) is 2.62. The normalized spacial score (nSPS) is 11.4. The van der Waals surface area contributed by atoms with Gasteiger partial charge in [-0.1, -0.05) is 45.2 Å². The third kappa shape index (κ3) is 4.00. The molecule has 0 saturated heterocycles. The average molecular weight is 402 g/mol. The van der Waals surface area contributed by atoms with Crippen molar-refractivity contribution in [2.24, 2.45) is 5.10 Å². The van der Waals surface area contributed by atoms with Crippen LogP contribution in [-0.2, 0) is 0 Å². The van der Waals surface area contributed by atoms with Gasteiger partial charge in [-0.25, -0.2) is 5.43 Å². The standard InChI is InChI=1S/C15H11BrCl2N2O2/c1-8(12-6-11(17)7-13(18)14(12)21)19-20-15(22)9-3-2-4-10(16)5-9/h2-7,21H,1H3,(H,20,22). The maximum Gasteiger partial charge on any atom is 0.271 e. The molecule has 0 aliphatic heterocycles. The fraction of sp³-hybridized carbons (Fsp3) is 0.0667. The molecule has 0 aromatic heterocycles. The number of aromatic hydroxyl groups is 1. The van der Waals surface area contributed by atoms with Crippen molar-refractivity contribution in [3.05, 3.63) is 62.0 Å². The minimum absolute atomic E-state index is 0.121. The van der Waals surface area contributed by atoms with Crippen LogP contribution in [0.25, 0.3) is 0 Å². The summed E-state index contributed by atoms with van der Waals surface area (Å²) in [4.78, 5) is 12.0. The van der Waals surface area contributed by atoms with E-state index in [0.717, 1.165) is 4.47 Å². The number of rotatable bonds is 3. The number of carbonyl (C=O) groups is 1. The predicted octanol–water partition coefficient (Wildman–Crippen LogP) is 4.62. The van der Waals surface area contributed by atoms with Crippen LogP contribution in [0.5, 0.6) is 5.75 Å². The van der Waals surface area contributed by atoms with E-state index in [-0.39, 0.29) is 16.7 Å². The smallest absolute Gasteiger partial charge is 0.271 e. The first-order valence-corrected chi connectivity index (χ1v) is 7.72. The summed E-state index contributed by atoms with van der Waals surface area (Å²) in [5, 5.41) is 14.4. The molecular weight excluding hydrogens is 391 g/mol. The van der Waals surface area contributed by atoms with Crippen molar-refractivity contribution in [3.63, 3.8) is 0 Å². The molecule has 0 aliphatic rings. The number of phenolic OH excluding ortho intramolecular Hbond substituents is 1. The van der Waals surface area contributed by atoms with Gasteiger partial charge in [0.2, 0.25) is 0 Å². The van der Waals surface area contributed by atoms with Crippen LogP contribution < -0.4 is 5.43 Å². The molecular formula is C15H11BrCl2N2O2. The van der Waals surface area contributed by atoms with Gasteiger partial charge in [0, 0.05) is 20.6 Å². The van der Waals surface area contributed by atoms with E-state index < -0.39 is 0 Å². The van der Waals surface area contributed by atoms with E-state index in [1.165, 1.54) is 12.1 Å². The number of nitrogens with zero attached hydrogens (tertiary/aromatic N) is 1. The third-order valence-electron chi connectivity index (χ3n) is 2.83. The van der Waals surface area contributed by atoms with Crippen molar-refractivity contribution in [2.75, 3.05) is 0 Å². The van der Waals surface area contributed by atoms with Crippen LogP contribution in [-0.4, -0.2) is 16.7 Å². The second-order valence-corrected chi connectivity index (χ2v) is 6.19. The zero-order valence-corrected chi connectivity index (χ0v) is 14.5. The van der Waals surface area contributed by atoms with E-state index in [4.69, 9.17) is 23.2 Å². The minimum atomic E-state index is -0.367. The Morgan fingerprint density at radius 3 is 2.68 bits per heavy atom. The average Bonchev–Trinajstić information content (AvgIpc) is 2.48. The lowest BCUT2D eigenvalue weighted by atomic mass is 10.1. The second-order valence-electron chi connectivity index (χ2n) is 4.43. The van der Waals surface area contributed by atoms with E-state index in [2.05, 4.69) is 26.5 Å². The van der Waals surface area contributed by atoms with Gasteiger partial charge in [-0.15, -0.1) is 0 Å². The van der Waals surface area contributed by atoms with Crippen molar-refractivity contribution in [2.45, 2.75) is 6.92 Å². The number of hydrogen-bond donors (Lipinski definition) is 2. The summed E-state index contributed by atoms with van der Waals surface area (Å²) in [7, 11) is 0. The van der Waals surface area contributed by atoms with Crippen molar-refractivity contribution in [3.8, 4) is 5.75 Å². The van der Waals surface area contributed by atoms with Gasteiger partial charge in [0.05, 0.1) is 10.7 Å². The Kier molecular flexibility index (Phi) is 5.45. The van der Waals surface area contributed by atoms with Crippen LogP contribution in [0.3, 0.4) is 0 Å². The number of benzene rings is 2. The highest BCUT2D eigenvalue weighted by molar-refractivity contribution is 9.10. The molecule has 2 N–H and O–H groups in total. The van der Waals surface area contributed by atoms with Gasteiger partial charge in [-0.2, -0.15) is 5.10 Å². The van der Waals surface area contributed by atoms with Crippen LogP contribution in [0, 0.1) is 0 Å². The number of halogens is 3. The molecule has 0 aliphatic carbocycles. The number of nitrogens with one attached hydrogen (secondary N) is 1. The monoisotopic (exact) mass is 400 g/mol. The first kappa shape index (κ1) is 16.8. The summed E-state index contributed by atoms with van der Waals surface area (Å²) in [5.41, 5.74) is 3.61. The highest BCUT2D eigenvalue weighted by Crippen LogP contribution is 2.31. The molecule has 7 heteroatoms. The highest BCUT2D eigenvalue weighted by atomic mass is 79.9. The van der Waals surface area contributed by atoms with Gasteiger partial charge >= 0.3 is 0 Å². The number of hydrazone groups is 1. The summed E-state index contributed by atoms with van der Waals surface area (Å²) in [6, 6.07) is 9.85. The Bertz CT molecular complexity index is 763. The van der Waals surface area contributed by atoms with Crippen LogP contribution in [0.15, 0.2) is 46.0 Å². The quantitative estimate of drug-likeness (QED) is 0.582. The van der Waals surface area contributed by atoms with Crippen molar-refractivity contribution in [1.82, 2.24) is 5.43 Å².